The molecular formula is C22H25NO2. The van der Waals surface area contributed by atoms with E-state index in [9.17, 15) is 4.79 Å². The molecule has 0 bridgehead atoms. The van der Waals surface area contributed by atoms with Gasteiger partial charge in [0, 0.05) is 11.5 Å². The number of ether oxygens (including phenoxy) is 1. The smallest absolute Gasteiger partial charge is 0.251 e. The van der Waals surface area contributed by atoms with Crippen LogP contribution in [0.2, 0.25) is 0 Å². The molecule has 25 heavy (non-hydrogen) atoms. The summed E-state index contributed by atoms with van der Waals surface area (Å²) in [5, 5.41) is 1.14. The van der Waals surface area contributed by atoms with E-state index < -0.39 is 0 Å². The van der Waals surface area contributed by atoms with Crippen LogP contribution in [0.5, 0.6) is 5.75 Å². The van der Waals surface area contributed by atoms with Crippen LogP contribution in [-0.4, -0.2) is 11.2 Å². The van der Waals surface area contributed by atoms with Crippen molar-refractivity contribution >= 4 is 10.9 Å². The molecular weight excluding hydrogens is 310 g/mol. The predicted molar refractivity (Wildman–Crippen MR) is 104 cm³/mol. The van der Waals surface area contributed by atoms with E-state index in [1.165, 1.54) is 16.7 Å². The summed E-state index contributed by atoms with van der Waals surface area (Å²) in [4.78, 5) is 12.5. The Labute approximate surface area is 148 Å². The zero-order chi connectivity index (χ0) is 18.1. The van der Waals surface area contributed by atoms with Gasteiger partial charge in [-0.2, -0.15) is 0 Å². The summed E-state index contributed by atoms with van der Waals surface area (Å²) >= 11 is 0. The monoisotopic (exact) mass is 335 g/mol. The second-order valence-corrected chi connectivity index (χ2v) is 6.97. The van der Waals surface area contributed by atoms with Gasteiger partial charge in [-0.1, -0.05) is 17.7 Å². The minimum absolute atomic E-state index is 0.0287. The molecule has 1 aromatic heterocycles. The highest BCUT2D eigenvalue weighted by atomic mass is 16.5. The Bertz CT molecular complexity index is 979. The Morgan fingerprint density at radius 3 is 2.12 bits per heavy atom. The standard InChI is InChI=1S/C22H25NO2/c1-14-8-15(2)11-19(10-14)25-7-6-23-21(24)13-17(4)20-12-16(3)9-18(5)22(20)23/h8-13H,6-7H2,1-5H3. The molecule has 0 spiro atoms. The quantitative estimate of drug-likeness (QED) is 0.696. The molecule has 0 radical (unpaired) electrons. The van der Waals surface area contributed by atoms with Crippen LogP contribution in [0.1, 0.15) is 27.8 Å². The summed E-state index contributed by atoms with van der Waals surface area (Å²) in [7, 11) is 0. The highest BCUT2D eigenvalue weighted by molar-refractivity contribution is 5.86. The molecule has 0 aliphatic rings. The fourth-order valence-electron chi connectivity index (χ4n) is 3.56. The Kier molecular flexibility index (Phi) is 4.67. The Morgan fingerprint density at radius 1 is 0.800 bits per heavy atom. The predicted octanol–water partition coefficient (Wildman–Crippen LogP) is 4.62. The van der Waals surface area contributed by atoms with Gasteiger partial charge in [0.2, 0.25) is 0 Å². The van der Waals surface area contributed by atoms with E-state index in [0.29, 0.717) is 13.2 Å². The fourth-order valence-corrected chi connectivity index (χ4v) is 3.56. The van der Waals surface area contributed by atoms with Gasteiger partial charge in [0.1, 0.15) is 12.4 Å². The SMILES string of the molecule is Cc1cc(C)cc(OCCn2c(=O)cc(C)c3cc(C)cc(C)c32)c1. The molecule has 0 fully saturated rings. The first-order valence-electron chi connectivity index (χ1n) is 8.67. The summed E-state index contributed by atoms with van der Waals surface area (Å²) in [6.07, 6.45) is 0. The van der Waals surface area contributed by atoms with E-state index in [1.807, 2.05) is 23.6 Å². The first-order valence-corrected chi connectivity index (χ1v) is 8.67. The minimum atomic E-state index is 0.0287. The van der Waals surface area contributed by atoms with E-state index in [2.05, 4.69) is 45.9 Å². The normalized spacial score (nSPS) is 11.1. The average molecular weight is 335 g/mol. The molecule has 130 valence electrons. The molecule has 3 heteroatoms. The van der Waals surface area contributed by atoms with Crippen molar-refractivity contribution in [3.63, 3.8) is 0 Å². The molecule has 3 rings (SSSR count). The van der Waals surface area contributed by atoms with Crippen molar-refractivity contribution in [1.82, 2.24) is 4.57 Å². The lowest BCUT2D eigenvalue weighted by Crippen LogP contribution is -2.24. The molecule has 0 saturated heterocycles. The third kappa shape index (κ3) is 3.60. The van der Waals surface area contributed by atoms with Gasteiger partial charge in [0.25, 0.3) is 5.56 Å². The average Bonchev–Trinajstić information content (AvgIpc) is 2.49. The lowest BCUT2D eigenvalue weighted by atomic mass is 10.0. The van der Waals surface area contributed by atoms with Gasteiger partial charge in [0.05, 0.1) is 12.1 Å². The summed E-state index contributed by atoms with van der Waals surface area (Å²) < 4.78 is 7.74. The van der Waals surface area contributed by atoms with E-state index in [1.54, 1.807) is 6.07 Å². The zero-order valence-corrected chi connectivity index (χ0v) is 15.6. The molecule has 0 N–H and O–H groups in total. The fraction of sp³-hybridized carbons (Fsp3) is 0.318. The van der Waals surface area contributed by atoms with Gasteiger partial charge in [-0.25, -0.2) is 0 Å². The number of rotatable bonds is 4. The third-order valence-corrected chi connectivity index (χ3v) is 4.52. The van der Waals surface area contributed by atoms with Gasteiger partial charge < -0.3 is 9.30 Å². The minimum Gasteiger partial charge on any atom is -0.492 e. The van der Waals surface area contributed by atoms with E-state index in [-0.39, 0.29) is 5.56 Å². The maximum atomic E-state index is 12.5. The van der Waals surface area contributed by atoms with Crippen molar-refractivity contribution in [3.8, 4) is 5.75 Å². The summed E-state index contributed by atoms with van der Waals surface area (Å²) in [5.74, 6) is 0.856. The number of fused-ring (bicyclic) bond motifs is 1. The highest BCUT2D eigenvalue weighted by Crippen LogP contribution is 2.22. The molecule has 3 aromatic rings. The van der Waals surface area contributed by atoms with E-state index >= 15 is 0 Å². The topological polar surface area (TPSA) is 31.2 Å². The van der Waals surface area contributed by atoms with Crippen LogP contribution >= 0.6 is 0 Å². The van der Waals surface area contributed by atoms with Crippen molar-refractivity contribution < 1.29 is 4.74 Å². The number of hydrogen-bond acceptors (Lipinski definition) is 2. The first kappa shape index (κ1) is 17.3. The van der Waals surface area contributed by atoms with Crippen LogP contribution in [0.3, 0.4) is 0 Å². The number of aryl methyl sites for hydroxylation is 5. The van der Waals surface area contributed by atoms with Crippen LogP contribution in [0, 0.1) is 34.6 Å². The molecule has 0 amide bonds. The highest BCUT2D eigenvalue weighted by Gasteiger charge is 2.10. The van der Waals surface area contributed by atoms with Crippen molar-refractivity contribution in [2.45, 2.75) is 41.2 Å². The van der Waals surface area contributed by atoms with Gasteiger partial charge >= 0.3 is 0 Å². The van der Waals surface area contributed by atoms with Gasteiger partial charge in [-0.05, 0) is 75.1 Å². The number of benzene rings is 2. The lowest BCUT2D eigenvalue weighted by molar-refractivity contribution is 0.298. The van der Waals surface area contributed by atoms with Crippen LogP contribution in [0.15, 0.2) is 41.2 Å². The largest absolute Gasteiger partial charge is 0.492 e. The van der Waals surface area contributed by atoms with Crippen LogP contribution in [-0.2, 0) is 6.54 Å². The molecule has 2 aromatic carbocycles. The maximum Gasteiger partial charge on any atom is 0.251 e. The van der Waals surface area contributed by atoms with Crippen molar-refractivity contribution in [1.29, 1.82) is 0 Å². The molecule has 0 aliphatic carbocycles. The third-order valence-electron chi connectivity index (χ3n) is 4.52. The zero-order valence-electron chi connectivity index (χ0n) is 15.6. The van der Waals surface area contributed by atoms with E-state index in [4.69, 9.17) is 4.74 Å². The van der Waals surface area contributed by atoms with Crippen LogP contribution in [0.25, 0.3) is 10.9 Å². The molecule has 0 aliphatic heterocycles. The van der Waals surface area contributed by atoms with Crippen molar-refractivity contribution in [3.05, 3.63) is 74.6 Å². The van der Waals surface area contributed by atoms with Gasteiger partial charge in [-0.3, -0.25) is 4.79 Å². The Morgan fingerprint density at radius 2 is 1.44 bits per heavy atom. The van der Waals surface area contributed by atoms with Gasteiger partial charge in [0.15, 0.2) is 0 Å². The Hall–Kier alpha value is -2.55. The first-order chi connectivity index (χ1) is 11.8. The Balaban J connectivity index is 1.92. The lowest BCUT2D eigenvalue weighted by Gasteiger charge is -2.16. The number of pyridine rings is 1. The van der Waals surface area contributed by atoms with Crippen molar-refractivity contribution in [2.24, 2.45) is 0 Å². The second kappa shape index (κ2) is 6.75. The van der Waals surface area contributed by atoms with Crippen molar-refractivity contribution in [2.75, 3.05) is 6.61 Å². The van der Waals surface area contributed by atoms with Crippen LogP contribution in [0.4, 0.5) is 0 Å². The number of nitrogens with zero attached hydrogens (tertiary/aromatic N) is 1. The molecule has 1 heterocycles. The number of hydrogen-bond donors (Lipinski definition) is 0. The van der Waals surface area contributed by atoms with E-state index in [0.717, 1.165) is 27.8 Å². The molecule has 3 nitrogen and oxygen atoms in total. The molecule has 0 unspecified atom stereocenters. The summed E-state index contributed by atoms with van der Waals surface area (Å²) in [6, 6.07) is 12.2. The van der Waals surface area contributed by atoms with Gasteiger partial charge in [-0.15, -0.1) is 0 Å². The maximum absolute atomic E-state index is 12.5. The van der Waals surface area contributed by atoms with Crippen LogP contribution < -0.4 is 10.3 Å². The molecule has 0 atom stereocenters. The second-order valence-electron chi connectivity index (χ2n) is 6.97. The number of aromatic nitrogens is 1. The summed E-state index contributed by atoms with van der Waals surface area (Å²) in [5.41, 5.74) is 6.77. The molecule has 0 saturated carbocycles. The summed E-state index contributed by atoms with van der Waals surface area (Å²) in [6.45, 7) is 11.3.